The Labute approximate surface area is 99.8 Å². The van der Waals surface area contributed by atoms with E-state index >= 15 is 0 Å². The molecule has 1 aromatic heterocycles. The molecule has 1 aromatic rings. The van der Waals surface area contributed by atoms with Crippen LogP contribution in [0.5, 0.6) is 0 Å². The monoisotopic (exact) mass is 236 g/mol. The normalized spacial score (nSPS) is 15.2. The van der Waals surface area contributed by atoms with E-state index in [2.05, 4.69) is 17.0 Å². The summed E-state index contributed by atoms with van der Waals surface area (Å²) in [6, 6.07) is 0. The lowest BCUT2D eigenvalue weighted by Crippen LogP contribution is -2.20. The van der Waals surface area contributed by atoms with Gasteiger partial charge in [-0.05, 0) is 19.3 Å². The molecule has 0 atom stereocenters. The van der Waals surface area contributed by atoms with Gasteiger partial charge >= 0.3 is 5.91 Å². The van der Waals surface area contributed by atoms with Crippen molar-refractivity contribution in [2.45, 2.75) is 32.6 Å². The predicted molar refractivity (Wildman–Crippen MR) is 64.3 cm³/mol. The van der Waals surface area contributed by atoms with E-state index in [1.165, 1.54) is 0 Å². The molecule has 0 saturated carbocycles. The van der Waals surface area contributed by atoms with Gasteiger partial charge in [0.1, 0.15) is 0 Å². The number of furan rings is 1. The minimum Gasteiger partial charge on any atom is -0.456 e. The highest BCUT2D eigenvalue weighted by atomic mass is 16.4. The van der Waals surface area contributed by atoms with E-state index in [9.17, 15) is 9.70 Å². The Morgan fingerprint density at radius 3 is 2.76 bits per heavy atom. The number of rotatable bonds is 4. The smallest absolute Gasteiger partial charge is 0.353 e. The van der Waals surface area contributed by atoms with Gasteiger partial charge in [-0.25, -0.2) is 0 Å². The zero-order valence-electron chi connectivity index (χ0n) is 9.94. The second-order valence-corrected chi connectivity index (χ2v) is 4.28. The summed E-state index contributed by atoms with van der Waals surface area (Å²) in [5.74, 6) is -0.709. The second kappa shape index (κ2) is 5.12. The number of anilines is 1. The second-order valence-electron chi connectivity index (χ2n) is 4.28. The first kappa shape index (κ1) is 11.8. The van der Waals surface area contributed by atoms with Crippen LogP contribution in [-0.2, 0) is 6.42 Å². The molecule has 0 aliphatic carbocycles. The van der Waals surface area contributed by atoms with Gasteiger partial charge in [0.05, 0.1) is 12.0 Å². The maximum absolute atomic E-state index is 11.4. The fourth-order valence-corrected chi connectivity index (χ4v) is 2.31. The Balaban J connectivity index is 2.38. The van der Waals surface area contributed by atoms with Gasteiger partial charge in [0.2, 0.25) is 5.76 Å². The van der Waals surface area contributed by atoms with E-state index in [4.69, 9.17) is 4.42 Å². The molecule has 0 aromatic carbocycles. The van der Waals surface area contributed by atoms with Crippen LogP contribution >= 0.6 is 0 Å². The summed E-state index contributed by atoms with van der Waals surface area (Å²) in [5, 5.41) is 2.45. The highest BCUT2D eigenvalue weighted by Crippen LogP contribution is 2.32. The third kappa shape index (κ3) is 2.23. The van der Waals surface area contributed by atoms with Crippen LogP contribution in [0.2, 0.25) is 0 Å². The highest BCUT2D eigenvalue weighted by Gasteiger charge is 2.26. The summed E-state index contributed by atoms with van der Waals surface area (Å²) in [4.78, 5) is 23.9. The number of hydrogen-bond acceptors (Lipinski definition) is 4. The van der Waals surface area contributed by atoms with E-state index in [1.54, 1.807) is 6.26 Å². The lowest BCUT2D eigenvalue weighted by Gasteiger charge is -2.18. The van der Waals surface area contributed by atoms with Gasteiger partial charge in [-0.15, -0.1) is 4.91 Å². The van der Waals surface area contributed by atoms with Crippen molar-refractivity contribution < 1.29 is 9.21 Å². The number of aryl methyl sites for hydroxylation is 1. The number of carbonyl (C=O) groups is 1. The van der Waals surface area contributed by atoms with Gasteiger partial charge in [-0.2, -0.15) is 0 Å². The Hall–Kier alpha value is -1.65. The lowest BCUT2D eigenvalue weighted by molar-refractivity contribution is 0.0975. The molecule has 0 N–H and O–H groups in total. The largest absolute Gasteiger partial charge is 0.456 e. The number of amides is 1. The molecule has 0 spiro atoms. The van der Waals surface area contributed by atoms with Crippen LogP contribution in [0.1, 0.15) is 42.3 Å². The first-order valence-electron chi connectivity index (χ1n) is 6.01. The summed E-state index contributed by atoms with van der Waals surface area (Å²) in [6.45, 7) is 3.89. The summed E-state index contributed by atoms with van der Waals surface area (Å²) in [5.41, 5.74) is 1.79. The van der Waals surface area contributed by atoms with Crippen LogP contribution in [0.3, 0.4) is 0 Å². The minimum absolute atomic E-state index is 0.102. The van der Waals surface area contributed by atoms with Crippen molar-refractivity contribution in [1.29, 1.82) is 0 Å². The SMILES string of the molecule is CCCc1coc(C(=O)N=O)c1N1CCCC1. The van der Waals surface area contributed by atoms with Crippen LogP contribution in [-0.4, -0.2) is 19.0 Å². The summed E-state index contributed by atoms with van der Waals surface area (Å²) >= 11 is 0. The van der Waals surface area contributed by atoms with Crippen molar-refractivity contribution in [3.63, 3.8) is 0 Å². The Morgan fingerprint density at radius 1 is 1.47 bits per heavy atom. The molecule has 1 amide bonds. The van der Waals surface area contributed by atoms with E-state index in [1.807, 2.05) is 0 Å². The van der Waals surface area contributed by atoms with Crippen LogP contribution in [0.15, 0.2) is 15.9 Å². The molecule has 1 aliphatic heterocycles. The standard InChI is InChI=1S/C12H16N2O3/c1-2-5-9-8-17-11(12(15)13-16)10(9)14-6-3-4-7-14/h8H,2-7H2,1H3. The van der Waals surface area contributed by atoms with Gasteiger partial charge in [0.25, 0.3) is 0 Å². The fraction of sp³-hybridized carbons (Fsp3) is 0.583. The Kier molecular flexibility index (Phi) is 3.56. The minimum atomic E-state index is -0.811. The Morgan fingerprint density at radius 2 is 2.18 bits per heavy atom. The van der Waals surface area contributed by atoms with Crippen molar-refractivity contribution in [3.05, 3.63) is 22.5 Å². The summed E-state index contributed by atoms with van der Waals surface area (Å²) in [6.07, 6.45) is 5.62. The number of hydrogen-bond donors (Lipinski definition) is 0. The molecule has 5 heteroatoms. The van der Waals surface area contributed by atoms with Gasteiger partial charge in [-0.1, -0.05) is 13.3 Å². The van der Waals surface area contributed by atoms with Crippen LogP contribution in [0.4, 0.5) is 5.69 Å². The lowest BCUT2D eigenvalue weighted by atomic mass is 10.1. The summed E-state index contributed by atoms with van der Waals surface area (Å²) in [7, 11) is 0. The number of nitrogens with zero attached hydrogens (tertiary/aromatic N) is 2. The molecule has 0 radical (unpaired) electrons. The van der Waals surface area contributed by atoms with E-state index in [0.717, 1.165) is 50.0 Å². The number of nitroso groups, excluding NO2 is 1. The third-order valence-corrected chi connectivity index (χ3v) is 3.06. The van der Waals surface area contributed by atoms with Gasteiger partial charge < -0.3 is 9.32 Å². The van der Waals surface area contributed by atoms with E-state index < -0.39 is 5.91 Å². The topological polar surface area (TPSA) is 62.9 Å². The average Bonchev–Trinajstić information content (AvgIpc) is 2.96. The molecule has 17 heavy (non-hydrogen) atoms. The van der Waals surface area contributed by atoms with Crippen LogP contribution < -0.4 is 4.90 Å². The van der Waals surface area contributed by atoms with Crippen molar-refractivity contribution in [3.8, 4) is 0 Å². The molecule has 2 rings (SSSR count). The van der Waals surface area contributed by atoms with Crippen molar-refractivity contribution in [2.24, 2.45) is 5.18 Å². The quantitative estimate of drug-likeness (QED) is 0.754. The first-order chi connectivity index (χ1) is 8.27. The van der Waals surface area contributed by atoms with Gasteiger partial charge in [-0.3, -0.25) is 4.79 Å². The molecule has 0 bridgehead atoms. The molecule has 2 heterocycles. The third-order valence-electron chi connectivity index (χ3n) is 3.06. The molecule has 1 aliphatic rings. The molecule has 0 unspecified atom stereocenters. The summed E-state index contributed by atoms with van der Waals surface area (Å²) < 4.78 is 5.23. The van der Waals surface area contributed by atoms with Gasteiger partial charge in [0, 0.05) is 23.8 Å². The molecule has 1 saturated heterocycles. The maximum atomic E-state index is 11.4. The molecule has 92 valence electrons. The molecular formula is C12H16N2O3. The molecular weight excluding hydrogens is 220 g/mol. The fourth-order valence-electron chi connectivity index (χ4n) is 2.31. The van der Waals surface area contributed by atoms with Crippen molar-refractivity contribution >= 4 is 11.6 Å². The van der Waals surface area contributed by atoms with Crippen molar-refractivity contribution in [1.82, 2.24) is 0 Å². The highest BCUT2D eigenvalue weighted by molar-refractivity contribution is 5.98. The molecule has 5 nitrogen and oxygen atoms in total. The van der Waals surface area contributed by atoms with Crippen molar-refractivity contribution in [2.75, 3.05) is 18.0 Å². The van der Waals surface area contributed by atoms with Crippen LogP contribution in [0, 0.1) is 4.91 Å². The zero-order valence-corrected chi connectivity index (χ0v) is 9.94. The molecule has 1 fully saturated rings. The van der Waals surface area contributed by atoms with Crippen LogP contribution in [0.25, 0.3) is 0 Å². The van der Waals surface area contributed by atoms with E-state index in [-0.39, 0.29) is 5.76 Å². The first-order valence-corrected chi connectivity index (χ1v) is 6.01. The van der Waals surface area contributed by atoms with Gasteiger partial charge in [0.15, 0.2) is 0 Å². The predicted octanol–water partition coefficient (Wildman–Crippen LogP) is 2.74. The maximum Gasteiger partial charge on any atom is 0.353 e. The number of carbonyl (C=O) groups excluding carboxylic acids is 1. The Bertz CT molecular complexity index is 419. The van der Waals surface area contributed by atoms with E-state index in [0.29, 0.717) is 0 Å². The average molecular weight is 236 g/mol. The zero-order chi connectivity index (χ0) is 12.3.